The highest BCUT2D eigenvalue weighted by atomic mass is 35.5. The molecular weight excluding hydrogens is 276 g/mol. The topological polar surface area (TPSA) is 58.2 Å². The third-order valence-electron chi connectivity index (χ3n) is 3.49. The van der Waals surface area contributed by atoms with Crippen molar-refractivity contribution >= 4 is 29.5 Å². The van der Waals surface area contributed by atoms with Crippen molar-refractivity contribution in [3.63, 3.8) is 0 Å². The molecule has 0 saturated carbocycles. The SMILES string of the molecule is CC[C@@H](C)[C@H]1NC(=O)/C(=C/c2ccccc2Cl)NC1=O. The van der Waals surface area contributed by atoms with Crippen LogP contribution in [0.4, 0.5) is 0 Å². The molecule has 1 aliphatic heterocycles. The molecule has 1 aromatic carbocycles. The molecule has 1 aliphatic rings. The van der Waals surface area contributed by atoms with E-state index in [9.17, 15) is 9.59 Å². The number of halogens is 1. The normalized spacial score (nSPS) is 22.4. The van der Waals surface area contributed by atoms with Crippen LogP contribution in [0.5, 0.6) is 0 Å². The van der Waals surface area contributed by atoms with Crippen LogP contribution >= 0.6 is 11.6 Å². The Bertz CT molecular complexity index is 569. The van der Waals surface area contributed by atoms with Crippen LogP contribution in [-0.4, -0.2) is 17.9 Å². The zero-order valence-corrected chi connectivity index (χ0v) is 12.2. The third kappa shape index (κ3) is 3.02. The fraction of sp³-hybridized carbons (Fsp3) is 0.333. The van der Waals surface area contributed by atoms with Crippen LogP contribution in [0.25, 0.3) is 6.08 Å². The van der Waals surface area contributed by atoms with Crippen molar-refractivity contribution in [2.75, 3.05) is 0 Å². The minimum absolute atomic E-state index is 0.0980. The molecule has 1 aromatic rings. The molecule has 106 valence electrons. The summed E-state index contributed by atoms with van der Waals surface area (Å²) >= 11 is 6.04. The number of hydrogen-bond acceptors (Lipinski definition) is 2. The lowest BCUT2D eigenvalue weighted by Crippen LogP contribution is -2.57. The molecule has 5 heteroatoms. The minimum Gasteiger partial charge on any atom is -0.339 e. The second-order valence-electron chi connectivity index (χ2n) is 4.91. The summed E-state index contributed by atoms with van der Waals surface area (Å²) in [6.45, 7) is 3.92. The maximum absolute atomic E-state index is 12.0. The molecule has 0 bridgehead atoms. The van der Waals surface area contributed by atoms with Crippen LogP contribution in [0.3, 0.4) is 0 Å². The Balaban J connectivity index is 2.23. The van der Waals surface area contributed by atoms with E-state index in [-0.39, 0.29) is 23.4 Å². The average molecular weight is 293 g/mol. The molecule has 0 unspecified atom stereocenters. The third-order valence-corrected chi connectivity index (χ3v) is 3.83. The van der Waals surface area contributed by atoms with E-state index in [0.29, 0.717) is 10.6 Å². The molecule has 0 aromatic heterocycles. The fourth-order valence-corrected chi connectivity index (χ4v) is 2.23. The molecule has 1 saturated heterocycles. The molecule has 0 radical (unpaired) electrons. The van der Waals surface area contributed by atoms with E-state index in [0.717, 1.165) is 6.42 Å². The maximum atomic E-state index is 12.0. The molecule has 2 N–H and O–H groups in total. The van der Waals surface area contributed by atoms with Gasteiger partial charge in [-0.05, 0) is 23.6 Å². The molecule has 4 nitrogen and oxygen atoms in total. The molecule has 2 amide bonds. The lowest BCUT2D eigenvalue weighted by atomic mass is 9.96. The van der Waals surface area contributed by atoms with Gasteiger partial charge in [-0.15, -0.1) is 0 Å². The summed E-state index contributed by atoms with van der Waals surface area (Å²) in [6.07, 6.45) is 2.41. The maximum Gasteiger partial charge on any atom is 0.268 e. The van der Waals surface area contributed by atoms with E-state index in [1.54, 1.807) is 18.2 Å². The van der Waals surface area contributed by atoms with E-state index in [1.165, 1.54) is 0 Å². The van der Waals surface area contributed by atoms with Gasteiger partial charge >= 0.3 is 0 Å². The number of carbonyl (C=O) groups is 2. The van der Waals surface area contributed by atoms with Crippen LogP contribution in [0.1, 0.15) is 25.8 Å². The Labute approximate surface area is 123 Å². The number of nitrogens with one attached hydrogen (secondary N) is 2. The van der Waals surface area contributed by atoms with Gasteiger partial charge in [0.2, 0.25) is 5.91 Å². The molecule has 0 aliphatic carbocycles. The van der Waals surface area contributed by atoms with Gasteiger partial charge in [-0.3, -0.25) is 9.59 Å². The van der Waals surface area contributed by atoms with Crippen LogP contribution in [0.2, 0.25) is 5.02 Å². The molecule has 0 spiro atoms. The first-order valence-electron chi connectivity index (χ1n) is 6.61. The van der Waals surface area contributed by atoms with Gasteiger partial charge < -0.3 is 10.6 Å². The van der Waals surface area contributed by atoms with E-state index in [2.05, 4.69) is 10.6 Å². The van der Waals surface area contributed by atoms with Gasteiger partial charge in [-0.1, -0.05) is 50.1 Å². The largest absolute Gasteiger partial charge is 0.339 e. The van der Waals surface area contributed by atoms with Gasteiger partial charge in [0.15, 0.2) is 0 Å². The Kier molecular flexibility index (Phi) is 4.45. The highest BCUT2D eigenvalue weighted by molar-refractivity contribution is 6.32. The van der Waals surface area contributed by atoms with E-state index in [1.807, 2.05) is 26.0 Å². The van der Waals surface area contributed by atoms with Gasteiger partial charge in [-0.25, -0.2) is 0 Å². The lowest BCUT2D eigenvalue weighted by Gasteiger charge is -2.28. The monoisotopic (exact) mass is 292 g/mol. The summed E-state index contributed by atoms with van der Waals surface area (Å²) in [5.41, 5.74) is 0.921. The van der Waals surface area contributed by atoms with Crippen molar-refractivity contribution in [1.82, 2.24) is 10.6 Å². The standard InChI is InChI=1S/C15H17ClN2O2/c1-3-9(2)13-15(20)17-12(14(19)18-13)8-10-6-4-5-7-11(10)16/h4-9,13H,3H2,1-2H3,(H,17,20)(H,18,19)/b12-8-/t9-,13-/m1/s1. The Morgan fingerprint density at radius 3 is 2.70 bits per heavy atom. The summed E-state index contributed by atoms with van der Waals surface area (Å²) in [7, 11) is 0. The van der Waals surface area contributed by atoms with Crippen molar-refractivity contribution in [3.8, 4) is 0 Å². The van der Waals surface area contributed by atoms with Crippen LogP contribution in [0.15, 0.2) is 30.0 Å². The summed E-state index contributed by atoms with van der Waals surface area (Å²) in [5.74, 6) is -0.368. The second kappa shape index (κ2) is 6.09. The Morgan fingerprint density at radius 1 is 1.35 bits per heavy atom. The molecule has 20 heavy (non-hydrogen) atoms. The second-order valence-corrected chi connectivity index (χ2v) is 5.31. The predicted octanol–water partition coefficient (Wildman–Crippen LogP) is 2.34. The number of rotatable bonds is 3. The highest BCUT2D eigenvalue weighted by Gasteiger charge is 2.32. The summed E-state index contributed by atoms with van der Waals surface area (Å²) in [5, 5.41) is 5.94. The Hall–Kier alpha value is -1.81. The minimum atomic E-state index is -0.476. The smallest absolute Gasteiger partial charge is 0.268 e. The van der Waals surface area contributed by atoms with Crippen molar-refractivity contribution < 1.29 is 9.59 Å². The average Bonchev–Trinajstić information content (AvgIpc) is 2.44. The van der Waals surface area contributed by atoms with Crippen molar-refractivity contribution in [2.24, 2.45) is 5.92 Å². The first-order chi connectivity index (χ1) is 9.52. The summed E-state index contributed by atoms with van der Waals surface area (Å²) < 4.78 is 0. The van der Waals surface area contributed by atoms with E-state index >= 15 is 0 Å². The molecule has 2 atom stereocenters. The van der Waals surface area contributed by atoms with Gasteiger partial charge in [0.25, 0.3) is 5.91 Å². The molecule has 1 heterocycles. The van der Waals surface area contributed by atoms with Crippen LogP contribution in [0, 0.1) is 5.92 Å². The van der Waals surface area contributed by atoms with Gasteiger partial charge in [0.05, 0.1) is 0 Å². The number of piperazine rings is 1. The molecule has 2 rings (SSSR count). The predicted molar refractivity (Wildman–Crippen MR) is 79.0 cm³/mol. The highest BCUT2D eigenvalue weighted by Crippen LogP contribution is 2.19. The lowest BCUT2D eigenvalue weighted by molar-refractivity contribution is -0.132. The Morgan fingerprint density at radius 2 is 2.05 bits per heavy atom. The number of benzene rings is 1. The van der Waals surface area contributed by atoms with Crippen molar-refractivity contribution in [3.05, 3.63) is 40.5 Å². The first-order valence-corrected chi connectivity index (χ1v) is 6.98. The zero-order valence-electron chi connectivity index (χ0n) is 11.4. The van der Waals surface area contributed by atoms with Gasteiger partial charge in [-0.2, -0.15) is 0 Å². The number of amides is 2. The van der Waals surface area contributed by atoms with E-state index < -0.39 is 6.04 Å². The van der Waals surface area contributed by atoms with Gasteiger partial charge in [0.1, 0.15) is 11.7 Å². The molecular formula is C15H17ClN2O2. The van der Waals surface area contributed by atoms with Crippen molar-refractivity contribution in [2.45, 2.75) is 26.3 Å². The summed E-state index contributed by atoms with van der Waals surface area (Å²) in [4.78, 5) is 24.1. The quantitative estimate of drug-likeness (QED) is 0.840. The van der Waals surface area contributed by atoms with Crippen LogP contribution < -0.4 is 10.6 Å². The first kappa shape index (κ1) is 14.6. The van der Waals surface area contributed by atoms with Crippen LogP contribution in [-0.2, 0) is 9.59 Å². The zero-order chi connectivity index (χ0) is 14.7. The fourth-order valence-electron chi connectivity index (χ4n) is 2.04. The number of hydrogen-bond donors (Lipinski definition) is 2. The molecule has 1 fully saturated rings. The van der Waals surface area contributed by atoms with Gasteiger partial charge in [0, 0.05) is 5.02 Å². The number of carbonyl (C=O) groups excluding carboxylic acids is 2. The van der Waals surface area contributed by atoms with E-state index in [4.69, 9.17) is 11.6 Å². The van der Waals surface area contributed by atoms with Crippen molar-refractivity contribution in [1.29, 1.82) is 0 Å². The summed E-state index contributed by atoms with van der Waals surface area (Å²) in [6, 6.07) is 6.68.